The first kappa shape index (κ1) is 13.2. The van der Waals surface area contributed by atoms with Gasteiger partial charge in [0.2, 0.25) is 0 Å². The Hall–Kier alpha value is -2.26. The summed E-state index contributed by atoms with van der Waals surface area (Å²) in [5.74, 6) is -0.687. The van der Waals surface area contributed by atoms with Crippen LogP contribution in [-0.4, -0.2) is 22.1 Å². The molecule has 0 aliphatic rings. The maximum absolute atomic E-state index is 11.7. The highest BCUT2D eigenvalue weighted by molar-refractivity contribution is 7.90. The predicted octanol–water partition coefficient (Wildman–Crippen LogP) is 2.22. The molecule has 0 unspecified atom stereocenters. The Bertz CT molecular complexity index is 697. The highest BCUT2D eigenvalue weighted by Gasteiger charge is 2.17. The van der Waals surface area contributed by atoms with E-state index in [2.05, 4.69) is 17.6 Å². The van der Waals surface area contributed by atoms with Gasteiger partial charge in [-0.2, -0.15) is 5.26 Å². The van der Waals surface area contributed by atoms with Crippen LogP contribution < -0.4 is 0 Å². The van der Waals surface area contributed by atoms with Crippen molar-refractivity contribution < 1.29 is 9.53 Å². The molecule has 5 nitrogen and oxygen atoms in total. The van der Waals surface area contributed by atoms with Crippen LogP contribution in [0.25, 0.3) is 16.1 Å². The third-order valence-corrected chi connectivity index (χ3v) is 2.94. The molecule has 0 atom stereocenters. The summed E-state index contributed by atoms with van der Waals surface area (Å²) in [5.41, 5.74) is 1.38. The molecule has 0 N–H and O–H groups in total. The molecular formula is C13H11N3O2S. The number of aromatic nitrogens is 2. The Morgan fingerprint density at radius 3 is 2.95 bits per heavy atom. The number of para-hydroxylation sites is 2. The lowest BCUT2D eigenvalue weighted by molar-refractivity contribution is -0.137. The smallest absolute Gasteiger partial charge is 0.351 e. The quantitative estimate of drug-likeness (QED) is 0.403. The lowest BCUT2D eigenvalue weighted by Gasteiger charge is -2.06. The van der Waals surface area contributed by atoms with Crippen molar-refractivity contribution in [2.24, 2.45) is 0 Å². The third-order valence-electron chi connectivity index (χ3n) is 2.50. The second-order valence-corrected chi connectivity index (χ2v) is 4.06. The van der Waals surface area contributed by atoms with E-state index in [9.17, 15) is 4.79 Å². The van der Waals surface area contributed by atoms with Crippen LogP contribution in [-0.2, 0) is 9.53 Å². The van der Waals surface area contributed by atoms with Crippen LogP contribution in [0.1, 0.15) is 6.92 Å². The Labute approximate surface area is 115 Å². The highest BCUT2D eigenvalue weighted by Crippen LogP contribution is 2.22. The van der Waals surface area contributed by atoms with Crippen LogP contribution in [0.2, 0.25) is 0 Å². The summed E-state index contributed by atoms with van der Waals surface area (Å²) in [6, 6.07) is 9.19. The van der Waals surface area contributed by atoms with Gasteiger partial charge in [-0.3, -0.25) is 4.57 Å². The van der Waals surface area contributed by atoms with Gasteiger partial charge in [0.15, 0.2) is 5.57 Å². The van der Waals surface area contributed by atoms with Gasteiger partial charge in [-0.15, -0.1) is 12.6 Å². The topological polar surface area (TPSA) is 67.9 Å². The number of benzene rings is 1. The second-order valence-electron chi connectivity index (χ2n) is 3.63. The molecular weight excluding hydrogens is 262 g/mol. The molecule has 0 spiro atoms. The number of ether oxygens (including phenoxy) is 1. The lowest BCUT2D eigenvalue weighted by atomic mass is 10.3. The normalized spacial score (nSPS) is 11.8. The summed E-state index contributed by atoms with van der Waals surface area (Å²) >= 11 is 4.25. The fraction of sp³-hybridized carbons (Fsp3) is 0.154. The number of nitriles is 1. The number of nitrogens with zero attached hydrogens (tertiary/aromatic N) is 3. The van der Waals surface area contributed by atoms with E-state index in [1.807, 2.05) is 30.3 Å². The zero-order valence-electron chi connectivity index (χ0n) is 10.2. The molecule has 2 rings (SSSR count). The summed E-state index contributed by atoms with van der Waals surface area (Å²) in [6.07, 6.45) is 1.52. The van der Waals surface area contributed by atoms with E-state index in [1.165, 1.54) is 6.33 Å². The number of fused-ring (bicyclic) bond motifs is 1. The Morgan fingerprint density at radius 1 is 1.53 bits per heavy atom. The molecule has 1 heterocycles. The van der Waals surface area contributed by atoms with E-state index in [0.29, 0.717) is 0 Å². The molecule has 0 fully saturated rings. The van der Waals surface area contributed by atoms with Crippen molar-refractivity contribution in [3.05, 3.63) is 36.2 Å². The molecule has 0 aliphatic heterocycles. The number of rotatable bonds is 3. The number of hydrogen-bond donors (Lipinski definition) is 1. The van der Waals surface area contributed by atoms with Gasteiger partial charge in [0.1, 0.15) is 17.4 Å². The van der Waals surface area contributed by atoms with Gasteiger partial charge in [-0.05, 0) is 19.1 Å². The number of carbonyl (C=O) groups is 1. The molecule has 0 radical (unpaired) electrons. The predicted molar refractivity (Wildman–Crippen MR) is 74.2 cm³/mol. The molecule has 0 saturated carbocycles. The number of esters is 1. The minimum Gasteiger partial charge on any atom is -0.462 e. The van der Waals surface area contributed by atoms with Crippen molar-refractivity contribution >= 4 is 34.7 Å². The van der Waals surface area contributed by atoms with Crippen molar-refractivity contribution in [2.75, 3.05) is 6.61 Å². The van der Waals surface area contributed by atoms with Crippen molar-refractivity contribution in [2.45, 2.75) is 6.92 Å². The minimum absolute atomic E-state index is 0.145. The minimum atomic E-state index is -0.687. The van der Waals surface area contributed by atoms with Crippen LogP contribution in [0.5, 0.6) is 0 Å². The van der Waals surface area contributed by atoms with Crippen LogP contribution in [0.3, 0.4) is 0 Å². The third kappa shape index (κ3) is 2.46. The van der Waals surface area contributed by atoms with Crippen molar-refractivity contribution in [1.29, 1.82) is 5.26 Å². The van der Waals surface area contributed by atoms with Gasteiger partial charge in [0.05, 0.1) is 17.6 Å². The summed E-state index contributed by atoms with van der Waals surface area (Å²) < 4.78 is 6.40. The van der Waals surface area contributed by atoms with E-state index in [4.69, 9.17) is 10.00 Å². The molecule has 96 valence electrons. The average molecular weight is 273 g/mol. The zero-order chi connectivity index (χ0) is 13.8. The van der Waals surface area contributed by atoms with E-state index in [-0.39, 0.29) is 17.2 Å². The Morgan fingerprint density at radius 2 is 2.26 bits per heavy atom. The average Bonchev–Trinajstić information content (AvgIpc) is 2.83. The van der Waals surface area contributed by atoms with Crippen molar-refractivity contribution in [3.8, 4) is 6.07 Å². The summed E-state index contributed by atoms with van der Waals surface area (Å²) in [4.78, 5) is 15.8. The van der Waals surface area contributed by atoms with Crippen LogP contribution in [0, 0.1) is 11.3 Å². The van der Waals surface area contributed by atoms with Crippen molar-refractivity contribution in [1.82, 2.24) is 9.55 Å². The summed E-state index contributed by atoms with van der Waals surface area (Å²) in [7, 11) is 0. The molecule has 0 saturated heterocycles. The SMILES string of the molecule is CCOC(=O)/C(C#N)=C(/S)n1cnc2ccccc21. The number of carbonyl (C=O) groups excluding carboxylic acids is 1. The lowest BCUT2D eigenvalue weighted by Crippen LogP contribution is -2.09. The maximum Gasteiger partial charge on any atom is 0.351 e. The number of hydrogen-bond acceptors (Lipinski definition) is 5. The molecule has 2 aromatic rings. The Kier molecular flexibility index (Phi) is 3.88. The molecule has 0 amide bonds. The first-order valence-corrected chi connectivity index (χ1v) is 6.06. The standard InChI is InChI=1S/C13H11N3O2S/c1-2-18-13(17)9(7-14)12(19)16-8-15-10-5-3-4-6-11(10)16/h3-6,8,19H,2H2,1H3/b12-9+. The van der Waals surface area contributed by atoms with Gasteiger partial charge in [0, 0.05) is 0 Å². The number of thiol groups is 1. The van der Waals surface area contributed by atoms with Gasteiger partial charge >= 0.3 is 5.97 Å². The van der Waals surface area contributed by atoms with E-state index < -0.39 is 5.97 Å². The largest absolute Gasteiger partial charge is 0.462 e. The fourth-order valence-corrected chi connectivity index (χ4v) is 1.94. The molecule has 0 aliphatic carbocycles. The molecule has 1 aromatic heterocycles. The molecule has 1 aromatic carbocycles. The Balaban J connectivity index is 2.56. The van der Waals surface area contributed by atoms with E-state index in [0.717, 1.165) is 11.0 Å². The first-order chi connectivity index (χ1) is 9.19. The van der Waals surface area contributed by atoms with Crippen molar-refractivity contribution in [3.63, 3.8) is 0 Å². The van der Waals surface area contributed by atoms with E-state index in [1.54, 1.807) is 11.5 Å². The first-order valence-electron chi connectivity index (χ1n) is 5.62. The highest BCUT2D eigenvalue weighted by atomic mass is 32.1. The van der Waals surface area contributed by atoms with Crippen LogP contribution >= 0.6 is 12.6 Å². The van der Waals surface area contributed by atoms with Gasteiger partial charge in [-0.25, -0.2) is 9.78 Å². The van der Waals surface area contributed by atoms with Crippen LogP contribution in [0.4, 0.5) is 0 Å². The van der Waals surface area contributed by atoms with Gasteiger partial charge in [0.25, 0.3) is 0 Å². The molecule has 19 heavy (non-hydrogen) atoms. The zero-order valence-corrected chi connectivity index (χ0v) is 11.1. The summed E-state index contributed by atoms with van der Waals surface area (Å²) in [6.45, 7) is 1.88. The van der Waals surface area contributed by atoms with E-state index >= 15 is 0 Å². The number of imidazole rings is 1. The van der Waals surface area contributed by atoms with Crippen LogP contribution in [0.15, 0.2) is 36.2 Å². The molecule has 6 heteroatoms. The fourth-order valence-electron chi connectivity index (χ4n) is 1.64. The van der Waals surface area contributed by atoms with Gasteiger partial charge in [-0.1, -0.05) is 12.1 Å². The maximum atomic E-state index is 11.7. The monoisotopic (exact) mass is 273 g/mol. The molecule has 0 bridgehead atoms. The summed E-state index contributed by atoms with van der Waals surface area (Å²) in [5, 5.41) is 9.28. The van der Waals surface area contributed by atoms with Gasteiger partial charge < -0.3 is 4.74 Å². The second kappa shape index (κ2) is 5.59.